The number of hydrogen-bond donors (Lipinski definition) is 2. The van der Waals surface area contributed by atoms with Crippen LogP contribution in [0, 0.1) is 6.92 Å². The third-order valence-electron chi connectivity index (χ3n) is 3.22. The van der Waals surface area contributed by atoms with E-state index in [0.717, 1.165) is 11.3 Å². The van der Waals surface area contributed by atoms with Gasteiger partial charge in [0.05, 0.1) is 11.8 Å². The van der Waals surface area contributed by atoms with E-state index in [0.29, 0.717) is 17.8 Å². The molecule has 6 nitrogen and oxygen atoms in total. The molecule has 0 saturated carbocycles. The van der Waals surface area contributed by atoms with Crippen molar-refractivity contribution in [1.82, 2.24) is 15.1 Å². The zero-order valence-electron chi connectivity index (χ0n) is 12.3. The predicted molar refractivity (Wildman–Crippen MR) is 79.9 cm³/mol. The number of amides is 2. The molecule has 0 unspecified atom stereocenters. The molecule has 2 N–H and O–H groups in total. The molecule has 110 valence electrons. The number of nitrogens with zero attached hydrogens (tertiary/aromatic N) is 2. The largest absolute Gasteiger partial charge is 0.342 e. The van der Waals surface area contributed by atoms with E-state index in [1.54, 1.807) is 18.9 Å². The van der Waals surface area contributed by atoms with Crippen LogP contribution in [0.4, 0.5) is 5.69 Å². The second kappa shape index (κ2) is 6.21. The number of nitrogens with one attached hydrogen (secondary N) is 2. The van der Waals surface area contributed by atoms with Gasteiger partial charge in [0.1, 0.15) is 0 Å². The molecule has 1 aromatic heterocycles. The van der Waals surface area contributed by atoms with Crippen LogP contribution in [0.2, 0.25) is 0 Å². The third kappa shape index (κ3) is 3.68. The zero-order chi connectivity index (χ0) is 15.4. The average Bonchev–Trinajstić information content (AvgIpc) is 2.85. The van der Waals surface area contributed by atoms with E-state index in [-0.39, 0.29) is 11.8 Å². The summed E-state index contributed by atoms with van der Waals surface area (Å²) in [5.41, 5.74) is 2.88. The lowest BCUT2D eigenvalue weighted by Crippen LogP contribution is -2.23. The van der Waals surface area contributed by atoms with Crippen molar-refractivity contribution in [3.05, 3.63) is 47.3 Å². The Morgan fingerprint density at radius 3 is 2.76 bits per heavy atom. The summed E-state index contributed by atoms with van der Waals surface area (Å²) in [6.07, 6.45) is 1.50. The Morgan fingerprint density at radius 1 is 1.38 bits per heavy atom. The molecule has 0 spiro atoms. The molecule has 1 heterocycles. The van der Waals surface area contributed by atoms with E-state index in [4.69, 9.17) is 0 Å². The van der Waals surface area contributed by atoms with Crippen LogP contribution >= 0.6 is 0 Å². The lowest BCUT2D eigenvalue weighted by molar-refractivity contribution is -0.128. The summed E-state index contributed by atoms with van der Waals surface area (Å²) in [4.78, 5) is 25.0. The van der Waals surface area contributed by atoms with Crippen molar-refractivity contribution in [2.24, 2.45) is 0 Å². The average molecular weight is 286 g/mol. The number of aromatic nitrogens is 2. The van der Waals surface area contributed by atoms with Gasteiger partial charge in [0, 0.05) is 31.9 Å². The highest BCUT2D eigenvalue weighted by atomic mass is 16.2. The molecule has 0 aliphatic heterocycles. The Bertz CT molecular complexity index is 663. The Balaban J connectivity index is 2.09. The number of carbonyl (C=O) groups is 2. The van der Waals surface area contributed by atoms with Crippen LogP contribution < -0.4 is 5.32 Å². The molecule has 0 bridgehead atoms. The molecule has 1 aromatic carbocycles. The number of aryl methyl sites for hydroxylation is 1. The fraction of sp³-hybridized carbons (Fsp3) is 0.267. The number of hydrogen-bond acceptors (Lipinski definition) is 3. The lowest BCUT2D eigenvalue weighted by atomic mass is 10.1. The monoisotopic (exact) mass is 286 g/mol. The van der Waals surface area contributed by atoms with E-state index in [2.05, 4.69) is 15.5 Å². The summed E-state index contributed by atoms with van der Waals surface area (Å²) in [5.74, 6) is -0.211. The second-order valence-electron chi connectivity index (χ2n) is 4.94. The summed E-state index contributed by atoms with van der Waals surface area (Å²) >= 11 is 0. The lowest BCUT2D eigenvalue weighted by Gasteiger charge is -2.15. The van der Waals surface area contributed by atoms with Crippen LogP contribution in [0.5, 0.6) is 0 Å². The van der Waals surface area contributed by atoms with Gasteiger partial charge < -0.3 is 10.2 Å². The molecule has 0 fully saturated rings. The molecule has 2 aromatic rings. The number of H-pyrrole nitrogens is 1. The highest BCUT2D eigenvalue weighted by Crippen LogP contribution is 2.14. The van der Waals surface area contributed by atoms with Gasteiger partial charge in [-0.2, -0.15) is 5.10 Å². The van der Waals surface area contributed by atoms with Crippen molar-refractivity contribution >= 4 is 17.5 Å². The van der Waals surface area contributed by atoms with E-state index >= 15 is 0 Å². The molecule has 21 heavy (non-hydrogen) atoms. The molecule has 0 aliphatic rings. The first-order valence-corrected chi connectivity index (χ1v) is 6.59. The Hall–Kier alpha value is -2.63. The molecule has 2 rings (SSSR count). The maximum absolute atomic E-state index is 12.1. The van der Waals surface area contributed by atoms with Gasteiger partial charge in [-0.1, -0.05) is 12.1 Å². The Kier molecular flexibility index (Phi) is 4.37. The maximum atomic E-state index is 12.1. The second-order valence-corrected chi connectivity index (χ2v) is 4.94. The Labute approximate surface area is 123 Å². The summed E-state index contributed by atoms with van der Waals surface area (Å²) in [6.45, 7) is 3.82. The van der Waals surface area contributed by atoms with Gasteiger partial charge in [-0.25, -0.2) is 0 Å². The molecule has 0 saturated heterocycles. The minimum absolute atomic E-state index is 0.00143. The number of aromatic amines is 1. The SMILES string of the molecule is CC(=O)N(C)Cc1cccc(NC(=O)c2cn[nH]c2C)c1. The van der Waals surface area contributed by atoms with Crippen LogP contribution in [-0.4, -0.2) is 34.0 Å². The molecular weight excluding hydrogens is 268 g/mol. The molecule has 0 radical (unpaired) electrons. The number of carbonyl (C=O) groups excluding carboxylic acids is 2. The number of anilines is 1. The summed E-state index contributed by atoms with van der Waals surface area (Å²) in [6, 6.07) is 7.43. The first kappa shape index (κ1) is 14.8. The van der Waals surface area contributed by atoms with Gasteiger partial charge in [-0.15, -0.1) is 0 Å². The molecule has 2 amide bonds. The minimum atomic E-state index is -0.210. The fourth-order valence-corrected chi connectivity index (χ4v) is 1.91. The summed E-state index contributed by atoms with van der Waals surface area (Å²) < 4.78 is 0. The van der Waals surface area contributed by atoms with Crippen molar-refractivity contribution in [3.8, 4) is 0 Å². The van der Waals surface area contributed by atoms with Crippen LogP contribution in [0.25, 0.3) is 0 Å². The van der Waals surface area contributed by atoms with Gasteiger partial charge >= 0.3 is 0 Å². The van der Waals surface area contributed by atoms with Crippen LogP contribution in [0.3, 0.4) is 0 Å². The van der Waals surface area contributed by atoms with Crippen LogP contribution in [0.15, 0.2) is 30.5 Å². The predicted octanol–water partition coefficient (Wildman–Crippen LogP) is 1.95. The topological polar surface area (TPSA) is 78.1 Å². The quantitative estimate of drug-likeness (QED) is 0.901. The normalized spacial score (nSPS) is 10.2. The van der Waals surface area contributed by atoms with E-state index in [1.807, 2.05) is 24.3 Å². The zero-order valence-corrected chi connectivity index (χ0v) is 12.3. The first-order chi connectivity index (χ1) is 9.97. The molecule has 0 atom stereocenters. The molecule has 0 aliphatic carbocycles. The first-order valence-electron chi connectivity index (χ1n) is 6.59. The van der Waals surface area contributed by atoms with Crippen molar-refractivity contribution in [2.75, 3.05) is 12.4 Å². The molecular formula is C15H18N4O2. The fourth-order valence-electron chi connectivity index (χ4n) is 1.91. The van der Waals surface area contributed by atoms with E-state index in [1.165, 1.54) is 13.1 Å². The van der Waals surface area contributed by atoms with Crippen LogP contribution in [0.1, 0.15) is 28.5 Å². The Morgan fingerprint density at radius 2 is 2.14 bits per heavy atom. The van der Waals surface area contributed by atoms with Crippen molar-refractivity contribution in [1.29, 1.82) is 0 Å². The van der Waals surface area contributed by atoms with Gasteiger partial charge in [0.25, 0.3) is 5.91 Å². The molecule has 6 heteroatoms. The van der Waals surface area contributed by atoms with E-state index < -0.39 is 0 Å². The van der Waals surface area contributed by atoms with Crippen molar-refractivity contribution in [2.45, 2.75) is 20.4 Å². The standard InChI is InChI=1S/C15H18N4O2/c1-10-14(8-16-18-10)15(21)17-13-6-4-5-12(7-13)9-19(3)11(2)20/h4-8H,9H2,1-3H3,(H,16,18)(H,17,21). The highest BCUT2D eigenvalue weighted by molar-refractivity contribution is 6.04. The smallest absolute Gasteiger partial charge is 0.259 e. The minimum Gasteiger partial charge on any atom is -0.342 e. The highest BCUT2D eigenvalue weighted by Gasteiger charge is 2.11. The van der Waals surface area contributed by atoms with Crippen molar-refractivity contribution in [3.63, 3.8) is 0 Å². The number of rotatable bonds is 4. The van der Waals surface area contributed by atoms with Crippen molar-refractivity contribution < 1.29 is 9.59 Å². The van der Waals surface area contributed by atoms with Crippen LogP contribution in [-0.2, 0) is 11.3 Å². The van der Waals surface area contributed by atoms with Gasteiger partial charge in [-0.3, -0.25) is 14.7 Å². The van der Waals surface area contributed by atoms with E-state index in [9.17, 15) is 9.59 Å². The summed E-state index contributed by atoms with van der Waals surface area (Å²) in [5, 5.41) is 9.39. The van der Waals surface area contributed by atoms with Gasteiger partial charge in [0.2, 0.25) is 5.91 Å². The summed E-state index contributed by atoms with van der Waals surface area (Å²) in [7, 11) is 1.74. The third-order valence-corrected chi connectivity index (χ3v) is 3.22. The van der Waals surface area contributed by atoms with Gasteiger partial charge in [-0.05, 0) is 24.6 Å². The maximum Gasteiger partial charge on any atom is 0.259 e. The number of benzene rings is 1. The van der Waals surface area contributed by atoms with Gasteiger partial charge in [0.15, 0.2) is 0 Å².